The number of nitrogens with zero attached hydrogens (tertiary/aromatic N) is 5. The Hall–Kier alpha value is -2.06. The zero-order valence-electron chi connectivity index (χ0n) is 12.7. The van der Waals surface area contributed by atoms with Crippen molar-refractivity contribution >= 4 is 28.2 Å². The Morgan fingerprint density at radius 1 is 1.36 bits per heavy atom. The van der Waals surface area contributed by atoms with E-state index in [4.69, 9.17) is 0 Å². The zero-order chi connectivity index (χ0) is 15.7. The zero-order valence-corrected chi connectivity index (χ0v) is 13.5. The summed E-state index contributed by atoms with van der Waals surface area (Å²) < 4.78 is 1.69. The van der Waals surface area contributed by atoms with E-state index in [0.717, 1.165) is 21.7 Å². The van der Waals surface area contributed by atoms with Gasteiger partial charge < -0.3 is 10.4 Å². The molecule has 0 fully saturated rings. The maximum atomic E-state index is 9.70. The molecule has 0 radical (unpaired) electrons. The smallest absolute Gasteiger partial charge is 0.163 e. The van der Waals surface area contributed by atoms with Crippen molar-refractivity contribution in [3.8, 4) is 0 Å². The molecule has 3 heterocycles. The van der Waals surface area contributed by atoms with E-state index in [1.807, 2.05) is 12.4 Å². The largest absolute Gasteiger partial charge is 0.394 e. The molecule has 0 aliphatic rings. The highest BCUT2D eigenvalue weighted by atomic mass is 32.1. The number of hydrogen-bond acceptors (Lipinski definition) is 7. The SMILES string of the molecule is CC(C)c1nc(C(CO)Nc2ncnc3c2cnn3C)cs1. The van der Waals surface area contributed by atoms with Crippen LogP contribution in [-0.4, -0.2) is 36.4 Å². The Morgan fingerprint density at radius 2 is 2.18 bits per heavy atom. The number of anilines is 1. The molecular weight excluding hydrogens is 300 g/mol. The second kappa shape index (κ2) is 5.98. The summed E-state index contributed by atoms with van der Waals surface area (Å²) in [7, 11) is 1.83. The van der Waals surface area contributed by atoms with Crippen LogP contribution in [0.3, 0.4) is 0 Å². The second-order valence-corrected chi connectivity index (χ2v) is 6.26. The third kappa shape index (κ3) is 2.67. The molecule has 22 heavy (non-hydrogen) atoms. The fourth-order valence-corrected chi connectivity index (χ4v) is 3.07. The molecule has 0 aliphatic carbocycles. The van der Waals surface area contributed by atoms with Gasteiger partial charge in [-0.2, -0.15) is 5.10 Å². The van der Waals surface area contributed by atoms with E-state index in [0.29, 0.717) is 11.7 Å². The molecule has 0 saturated heterocycles. The summed E-state index contributed by atoms with van der Waals surface area (Å²) in [6, 6.07) is -0.304. The molecule has 0 aromatic carbocycles. The Kier molecular flexibility index (Phi) is 4.04. The van der Waals surface area contributed by atoms with Crippen molar-refractivity contribution < 1.29 is 5.11 Å². The fourth-order valence-electron chi connectivity index (χ4n) is 2.18. The van der Waals surface area contributed by atoms with Crippen molar-refractivity contribution in [2.45, 2.75) is 25.8 Å². The Bertz CT molecular complexity index is 781. The first kappa shape index (κ1) is 14.9. The molecule has 116 valence electrons. The summed E-state index contributed by atoms with van der Waals surface area (Å²) in [5.74, 6) is 1.03. The van der Waals surface area contributed by atoms with Crippen LogP contribution >= 0.6 is 11.3 Å². The van der Waals surface area contributed by atoms with Gasteiger partial charge in [0, 0.05) is 18.3 Å². The summed E-state index contributed by atoms with van der Waals surface area (Å²) in [6.07, 6.45) is 3.20. The van der Waals surface area contributed by atoms with Crippen molar-refractivity contribution in [1.29, 1.82) is 0 Å². The fraction of sp³-hybridized carbons (Fsp3) is 0.429. The summed E-state index contributed by atoms with van der Waals surface area (Å²) in [4.78, 5) is 13.1. The quantitative estimate of drug-likeness (QED) is 0.749. The normalized spacial score (nSPS) is 13.0. The molecule has 1 atom stereocenters. The standard InChI is InChI=1S/C14H18N6OS/c1-8(2)14-19-11(6-22-14)10(5-21)18-12-9-4-17-20(3)13(9)16-7-15-12/h4,6-8,10,21H,5H2,1-3H3,(H,15,16,18). The van der Waals surface area contributed by atoms with Crippen molar-refractivity contribution in [2.75, 3.05) is 11.9 Å². The maximum absolute atomic E-state index is 9.70. The third-order valence-corrected chi connectivity index (χ3v) is 4.58. The van der Waals surface area contributed by atoms with E-state index in [1.165, 1.54) is 6.33 Å². The van der Waals surface area contributed by atoms with Gasteiger partial charge in [-0.3, -0.25) is 4.68 Å². The van der Waals surface area contributed by atoms with Gasteiger partial charge in [0.25, 0.3) is 0 Å². The van der Waals surface area contributed by atoms with Gasteiger partial charge in [-0.25, -0.2) is 15.0 Å². The Balaban J connectivity index is 1.91. The summed E-state index contributed by atoms with van der Waals surface area (Å²) in [5.41, 5.74) is 1.57. The summed E-state index contributed by atoms with van der Waals surface area (Å²) >= 11 is 1.61. The van der Waals surface area contributed by atoms with Crippen LogP contribution in [0.1, 0.15) is 36.5 Å². The van der Waals surface area contributed by atoms with E-state index in [2.05, 4.69) is 39.2 Å². The van der Waals surface area contributed by atoms with E-state index in [-0.39, 0.29) is 12.6 Å². The molecule has 0 aliphatic heterocycles. The third-order valence-electron chi connectivity index (χ3n) is 3.41. The average molecular weight is 318 g/mol. The van der Waals surface area contributed by atoms with Gasteiger partial charge in [-0.15, -0.1) is 11.3 Å². The van der Waals surface area contributed by atoms with Gasteiger partial charge in [0.1, 0.15) is 12.1 Å². The molecule has 3 rings (SSSR count). The van der Waals surface area contributed by atoms with E-state index in [1.54, 1.807) is 22.2 Å². The first-order chi connectivity index (χ1) is 10.6. The molecule has 0 saturated carbocycles. The predicted molar refractivity (Wildman–Crippen MR) is 86.0 cm³/mol. The van der Waals surface area contributed by atoms with E-state index >= 15 is 0 Å². The lowest BCUT2D eigenvalue weighted by atomic mass is 10.2. The summed E-state index contributed by atoms with van der Waals surface area (Å²) in [5, 5.41) is 21.0. The number of hydrogen-bond donors (Lipinski definition) is 2. The topological polar surface area (TPSA) is 88.8 Å². The van der Waals surface area contributed by atoms with Gasteiger partial charge in [0.15, 0.2) is 5.65 Å². The molecule has 0 amide bonds. The predicted octanol–water partition coefficient (Wildman–Crippen LogP) is 2.09. The first-order valence-electron chi connectivity index (χ1n) is 7.05. The van der Waals surface area contributed by atoms with Crippen LogP contribution in [0.25, 0.3) is 11.0 Å². The highest BCUT2D eigenvalue weighted by Gasteiger charge is 2.18. The van der Waals surface area contributed by atoms with E-state index in [9.17, 15) is 5.11 Å². The van der Waals surface area contributed by atoms with Crippen LogP contribution in [-0.2, 0) is 7.05 Å². The van der Waals surface area contributed by atoms with Gasteiger partial charge in [0.05, 0.1) is 34.9 Å². The maximum Gasteiger partial charge on any atom is 0.163 e. The van der Waals surface area contributed by atoms with Crippen LogP contribution in [0.15, 0.2) is 17.9 Å². The van der Waals surface area contributed by atoms with Gasteiger partial charge in [-0.1, -0.05) is 13.8 Å². The van der Waals surface area contributed by atoms with E-state index < -0.39 is 0 Å². The minimum Gasteiger partial charge on any atom is -0.394 e. The monoisotopic (exact) mass is 318 g/mol. The number of thiazole rings is 1. The van der Waals surface area contributed by atoms with Crippen molar-refractivity contribution in [2.24, 2.45) is 7.05 Å². The molecule has 7 nitrogen and oxygen atoms in total. The number of nitrogens with one attached hydrogen (secondary N) is 1. The molecule has 3 aromatic rings. The van der Waals surface area contributed by atoms with Crippen molar-refractivity contribution in [1.82, 2.24) is 24.7 Å². The van der Waals surface area contributed by atoms with Gasteiger partial charge >= 0.3 is 0 Å². The molecule has 2 N–H and O–H groups in total. The lowest BCUT2D eigenvalue weighted by molar-refractivity contribution is 0.274. The average Bonchev–Trinajstić information content (AvgIpc) is 3.13. The Morgan fingerprint density at radius 3 is 2.86 bits per heavy atom. The Labute approximate surface area is 132 Å². The minimum atomic E-state index is -0.304. The molecule has 0 spiro atoms. The number of rotatable bonds is 5. The number of aromatic nitrogens is 5. The first-order valence-corrected chi connectivity index (χ1v) is 7.93. The van der Waals surface area contributed by atoms with Crippen LogP contribution in [0.5, 0.6) is 0 Å². The number of aliphatic hydroxyl groups is 1. The number of fused-ring (bicyclic) bond motifs is 1. The molecule has 8 heteroatoms. The van der Waals surface area contributed by atoms with Crippen LogP contribution in [0.4, 0.5) is 5.82 Å². The number of aryl methyl sites for hydroxylation is 1. The highest BCUT2D eigenvalue weighted by Crippen LogP contribution is 2.26. The second-order valence-electron chi connectivity index (χ2n) is 5.37. The van der Waals surface area contributed by atoms with Crippen molar-refractivity contribution in [3.05, 3.63) is 28.6 Å². The van der Waals surface area contributed by atoms with Gasteiger partial charge in [0.2, 0.25) is 0 Å². The molecule has 0 bridgehead atoms. The summed E-state index contributed by atoms with van der Waals surface area (Å²) in [6.45, 7) is 4.15. The molecular formula is C14H18N6OS. The lowest BCUT2D eigenvalue weighted by Crippen LogP contribution is -2.16. The highest BCUT2D eigenvalue weighted by molar-refractivity contribution is 7.09. The van der Waals surface area contributed by atoms with Crippen LogP contribution < -0.4 is 5.32 Å². The number of aliphatic hydroxyl groups excluding tert-OH is 1. The minimum absolute atomic E-state index is 0.0625. The van der Waals surface area contributed by atoms with Crippen molar-refractivity contribution in [3.63, 3.8) is 0 Å². The lowest BCUT2D eigenvalue weighted by Gasteiger charge is -2.15. The van der Waals surface area contributed by atoms with Crippen LogP contribution in [0.2, 0.25) is 0 Å². The van der Waals surface area contributed by atoms with Crippen LogP contribution in [0, 0.1) is 0 Å². The molecule has 1 unspecified atom stereocenters. The van der Waals surface area contributed by atoms with Gasteiger partial charge in [-0.05, 0) is 0 Å². The molecule has 3 aromatic heterocycles.